The Morgan fingerprint density at radius 3 is 0.905 bits per heavy atom. The molecule has 0 radical (unpaired) electrons. The van der Waals surface area contributed by atoms with Gasteiger partial charge in [0.25, 0.3) is 0 Å². The third kappa shape index (κ3) is 54.9. The highest BCUT2D eigenvalue weighted by Crippen LogP contribution is 2.30. The molecule has 820 valence electrons. The summed E-state index contributed by atoms with van der Waals surface area (Å²) in [6.07, 6.45) is 3.80. The minimum absolute atomic E-state index is 0.00338. The van der Waals surface area contributed by atoms with Crippen LogP contribution in [0.15, 0.2) is 303 Å². The number of benzene rings is 11. The van der Waals surface area contributed by atoms with Gasteiger partial charge in [0.15, 0.2) is 28.9 Å². The molecule has 13 rings (SSSR count). The number of carbonyl (C=O) groups is 8. The number of likely N-dealkylation sites (tertiary alicyclic amines) is 1. The summed E-state index contributed by atoms with van der Waals surface area (Å²) in [7, 11) is 0. The van der Waals surface area contributed by atoms with Crippen molar-refractivity contribution >= 4 is 67.8 Å². The van der Waals surface area contributed by atoms with Crippen LogP contribution in [-0.4, -0.2) is 178 Å². The molecule has 2 saturated heterocycles. The lowest BCUT2D eigenvalue weighted by Crippen LogP contribution is -2.53. The van der Waals surface area contributed by atoms with E-state index in [1.54, 1.807) is 56.3 Å². The van der Waals surface area contributed by atoms with Crippen molar-refractivity contribution < 1.29 is 77.0 Å². The number of piperidine rings is 1. The minimum atomic E-state index is -1.33. The Hall–Kier alpha value is -11.1. The molecule has 1 unspecified atom stereocenters. The molecule has 2 heterocycles. The lowest BCUT2D eigenvalue weighted by Gasteiger charge is -2.39. The molecule has 11 aromatic carbocycles. The maximum absolute atomic E-state index is 12.5. The number of Topliss-reactive ketones (excluding diaryl/α,β-unsaturated/α-hetero) is 8. The van der Waals surface area contributed by atoms with Crippen LogP contribution in [0.1, 0.15) is 354 Å². The van der Waals surface area contributed by atoms with Crippen molar-refractivity contribution in [3.8, 4) is 0 Å². The van der Waals surface area contributed by atoms with Gasteiger partial charge in [0.2, 0.25) is 11.6 Å². The third-order valence-corrected chi connectivity index (χ3v) is 22.0. The number of nitrogens with zero attached hydrogens (tertiary/aromatic N) is 2. The molecule has 0 amide bonds. The molecule has 11 aromatic rings. The van der Waals surface area contributed by atoms with Crippen LogP contribution in [0.25, 0.3) is 21.5 Å². The monoisotopic (exact) mass is 2040 g/mol. The molecule has 18 heteroatoms. The molecule has 0 saturated carbocycles. The molecule has 2 aliphatic rings. The molecule has 0 bridgehead atoms. The van der Waals surface area contributed by atoms with Gasteiger partial charge in [0.05, 0.1) is 24.3 Å². The molecule has 2 aliphatic heterocycles. The van der Waals surface area contributed by atoms with E-state index in [0.29, 0.717) is 61.7 Å². The number of ether oxygens (including phenoxy) is 6. The summed E-state index contributed by atoms with van der Waals surface area (Å²) in [5, 5.41) is 23.1. The fourth-order valence-electron chi connectivity index (χ4n) is 13.9. The van der Waals surface area contributed by atoms with Gasteiger partial charge in [0, 0.05) is 85.9 Å². The Kier molecular flexibility index (Phi) is 83.1. The molecule has 1 atom stereocenters. The number of ketones is 8. The fourth-order valence-corrected chi connectivity index (χ4v) is 13.9. The number of aliphatic hydroxyl groups is 2. The molecule has 0 aliphatic carbocycles. The highest BCUT2D eigenvalue weighted by Gasteiger charge is 2.40. The third-order valence-electron chi connectivity index (χ3n) is 22.0. The summed E-state index contributed by atoms with van der Waals surface area (Å²) >= 11 is 0. The van der Waals surface area contributed by atoms with Crippen LogP contribution in [0.2, 0.25) is 0 Å². The van der Waals surface area contributed by atoms with Gasteiger partial charge >= 0.3 is 0 Å². The average Bonchev–Trinajstić information content (AvgIpc) is 0.793. The molecule has 148 heavy (non-hydrogen) atoms. The zero-order chi connectivity index (χ0) is 114. The number of aryl methyl sites for hydroxylation is 1. The Balaban J connectivity index is -0.000000509. The normalized spacial score (nSPS) is 11.9. The first-order valence-corrected chi connectivity index (χ1v) is 53.9. The maximum atomic E-state index is 12.5. The van der Waals surface area contributed by atoms with Crippen molar-refractivity contribution in [1.82, 2.24) is 9.80 Å². The molecule has 2 fully saturated rings. The van der Waals surface area contributed by atoms with E-state index >= 15 is 0 Å². The van der Waals surface area contributed by atoms with E-state index in [0.717, 1.165) is 83.2 Å². The largest absolute Gasteiger partial charge is 0.382 e. The van der Waals surface area contributed by atoms with E-state index < -0.39 is 34.3 Å². The summed E-state index contributed by atoms with van der Waals surface area (Å²) < 4.78 is 32.9. The molecule has 0 spiro atoms. The van der Waals surface area contributed by atoms with Gasteiger partial charge in [0.1, 0.15) is 40.1 Å². The lowest BCUT2D eigenvalue weighted by atomic mass is 9.92. The summed E-state index contributed by atoms with van der Waals surface area (Å²) in [6.45, 7) is 77.8. The van der Waals surface area contributed by atoms with Crippen LogP contribution in [-0.2, 0) is 38.0 Å². The zero-order valence-electron chi connectivity index (χ0n) is 98.1. The summed E-state index contributed by atoms with van der Waals surface area (Å²) in [6, 6.07) is 95.3. The van der Waals surface area contributed by atoms with E-state index in [9.17, 15) is 48.6 Å². The quantitative estimate of drug-likeness (QED) is 0.0342. The Labute approximate surface area is 896 Å². The number of carbonyl (C=O) groups excluding carboxylic acids is 8. The van der Waals surface area contributed by atoms with Crippen LogP contribution in [0.3, 0.4) is 0 Å². The lowest BCUT2D eigenvalue weighted by molar-refractivity contribution is -0.198. The van der Waals surface area contributed by atoms with Crippen molar-refractivity contribution in [3.05, 3.63) is 348 Å². The second-order valence-corrected chi connectivity index (χ2v) is 34.4. The Morgan fingerprint density at radius 2 is 0.581 bits per heavy atom. The zero-order valence-corrected chi connectivity index (χ0v) is 98.1. The summed E-state index contributed by atoms with van der Waals surface area (Å²) in [5.74, 6) is -1.15. The van der Waals surface area contributed by atoms with Crippen molar-refractivity contribution in [1.29, 1.82) is 0 Å². The molecular weight excluding hydrogens is 1850 g/mol. The van der Waals surface area contributed by atoms with Crippen LogP contribution in [0.4, 0.5) is 0 Å². The second kappa shape index (κ2) is 84.7. The first kappa shape index (κ1) is 145. The summed E-state index contributed by atoms with van der Waals surface area (Å²) in [4.78, 5) is 100. The SMILES string of the molecule is CC.CC.CC.CC.CC.CC.CC.CC.CC(=O)C(C)(C)N1CCCCC1.CC(=O)C(C)(C)N1CCOCC1.CC(C)(O)C(=O)c1cccc2ccccc12.CC(C)(O)C(=O)c1ccccc1.CCOC(C(=O)c1ccccc1)c1ccccc1.CCOC(C)(C)C(=O)c1cccc2ccccc12.CCOC(C)(C)C(=O)c1ccccc1C.CCOC(CC)(OCC)C(=O)c1ccccc1.c1ccccc1.c1ccccc1. The van der Waals surface area contributed by atoms with Crippen LogP contribution < -0.4 is 0 Å². The topological polar surface area (TPSA) is 239 Å². The van der Waals surface area contributed by atoms with Crippen molar-refractivity contribution in [3.63, 3.8) is 0 Å². The minimum Gasteiger partial charge on any atom is -0.382 e. The Morgan fingerprint density at radius 1 is 0.304 bits per heavy atom. The van der Waals surface area contributed by atoms with Gasteiger partial charge < -0.3 is 38.6 Å². The van der Waals surface area contributed by atoms with E-state index in [1.165, 1.54) is 47.0 Å². The summed E-state index contributed by atoms with van der Waals surface area (Å²) in [5.41, 5.74) is 1.12. The standard InChI is InChI=1S/C16H18O2.C16H16O2.C14H20O3.C14H14O2.C13H18O2.C10H19NO.C10H12O2.C9H17NO2.2C6H6.8C2H6/c1-4-18-16(2,3)15(17)14-11-7-9-12-8-5-6-10-13(12)14;1-2-18-16(14-11-7-4-8-12-14)15(17)13-9-5-3-6-10-13;1-4-14(16-5-2,17-6-3)13(15)12-10-8-7-9-11-12;1-14(2,16)13(15)12-9-5-7-10-6-3-4-8-11(10)12;1-5-15-13(3,4)12(14)11-9-7-6-8-10(11)2;1-9(12)10(2,3)11-7-5-4-6-8-11;1-10(2,12)9(11)8-6-4-3-5-7-8;1-8(11)9(2,3)10-4-6-12-7-5-10;2*1-2-4-6-5-3-1;8*1-2/h5-11H,4H2,1-3H3;3-12,16H,2H2,1H3;7-11H,4-6H2,1-3H3;3-9,16H,1-2H3;6-9H,5H2,1-4H3;4-8H2,1-3H3;3-7,12H,1-2H3;4-7H2,1-3H3;2*1-6H;8*1-2H3. The van der Waals surface area contributed by atoms with Gasteiger partial charge in [-0.1, -0.05) is 427 Å². The van der Waals surface area contributed by atoms with Crippen molar-refractivity contribution in [2.45, 2.75) is 327 Å². The van der Waals surface area contributed by atoms with Crippen LogP contribution >= 0.6 is 0 Å². The van der Waals surface area contributed by atoms with Crippen molar-refractivity contribution in [2.24, 2.45) is 0 Å². The van der Waals surface area contributed by atoms with E-state index in [4.69, 9.17) is 28.4 Å². The maximum Gasteiger partial charge on any atom is 0.233 e. The molecule has 2 N–H and O–H groups in total. The highest BCUT2D eigenvalue weighted by molar-refractivity contribution is 6.13. The van der Waals surface area contributed by atoms with Gasteiger partial charge in [-0.15, -0.1) is 0 Å². The van der Waals surface area contributed by atoms with Crippen LogP contribution in [0, 0.1) is 6.92 Å². The number of fused-ring (bicyclic) bond motifs is 2. The van der Waals surface area contributed by atoms with E-state index in [1.807, 2.05) is 475 Å². The number of morpholine rings is 1. The van der Waals surface area contributed by atoms with Gasteiger partial charge in [-0.2, -0.15) is 0 Å². The Bertz CT molecular complexity index is 5050. The van der Waals surface area contributed by atoms with Crippen LogP contribution in [0.5, 0.6) is 0 Å². The van der Waals surface area contributed by atoms with Crippen molar-refractivity contribution in [2.75, 3.05) is 72.4 Å². The highest BCUT2D eigenvalue weighted by atomic mass is 16.7. The number of hydrogen-bond acceptors (Lipinski definition) is 18. The predicted octanol–water partition coefficient (Wildman–Crippen LogP) is 32.1. The predicted molar refractivity (Wildman–Crippen MR) is 626 cm³/mol. The first-order valence-electron chi connectivity index (χ1n) is 53.9. The molecule has 18 nitrogen and oxygen atoms in total. The van der Waals surface area contributed by atoms with Gasteiger partial charge in [-0.25, -0.2) is 0 Å². The number of hydrogen-bond donors (Lipinski definition) is 2. The molecule has 0 aromatic heterocycles. The average molecular weight is 2040 g/mol. The van der Waals surface area contributed by atoms with E-state index in [-0.39, 0.29) is 57.3 Å². The second-order valence-electron chi connectivity index (χ2n) is 34.4. The fraction of sp³-hybridized carbons (Fsp3) is 0.462. The van der Waals surface area contributed by atoms with Gasteiger partial charge in [-0.3, -0.25) is 48.2 Å². The van der Waals surface area contributed by atoms with Gasteiger partial charge in [-0.05, 0) is 197 Å². The first-order chi connectivity index (χ1) is 70.7. The van der Waals surface area contributed by atoms with E-state index in [2.05, 4.69) is 9.80 Å². The smallest absolute Gasteiger partial charge is 0.233 e. The molecular formula is C130H194N2O16. The number of rotatable bonds is 28.